The molecule has 0 amide bonds. The molecule has 7 rings (SSSR count). The van der Waals surface area contributed by atoms with Gasteiger partial charge in [0.15, 0.2) is 5.78 Å². The fourth-order valence-electron chi connectivity index (χ4n) is 6.69. The number of hydrogen-bond donors (Lipinski definition) is 5. The molecule has 7 heteroatoms. The molecule has 7 nitrogen and oxygen atoms in total. The summed E-state index contributed by atoms with van der Waals surface area (Å²) in [5.41, 5.74) is 6.28. The summed E-state index contributed by atoms with van der Waals surface area (Å²) in [6.45, 7) is 0. The normalized spacial score (nSPS) is 13.8. The van der Waals surface area contributed by atoms with Crippen LogP contribution in [0, 0.1) is 0 Å². The van der Waals surface area contributed by atoms with Crippen LogP contribution < -0.4 is 4.74 Å². The van der Waals surface area contributed by atoms with Crippen molar-refractivity contribution < 1.29 is 35.1 Å². The SMILES string of the molecule is O=C1C[C@@H](c2ccccc2)Oc2c(Cc3cc(Cc4ccccc4O)ccc3O)cc(Cc3cc(Cc4ccccc4O)ccc3O)c(O)c21. The van der Waals surface area contributed by atoms with Crippen LogP contribution in [0.3, 0.4) is 0 Å². The van der Waals surface area contributed by atoms with Crippen molar-refractivity contribution in [3.63, 3.8) is 0 Å². The highest BCUT2D eigenvalue weighted by atomic mass is 16.5. The summed E-state index contributed by atoms with van der Waals surface area (Å²) in [6, 6.07) is 35.9. The van der Waals surface area contributed by atoms with E-state index in [1.807, 2.05) is 66.7 Å². The number of ketones is 1. The van der Waals surface area contributed by atoms with Crippen LogP contribution in [-0.4, -0.2) is 31.3 Å². The van der Waals surface area contributed by atoms with Gasteiger partial charge in [0.25, 0.3) is 0 Å². The second kappa shape index (κ2) is 13.7. The Hall–Kier alpha value is -6.21. The van der Waals surface area contributed by atoms with Gasteiger partial charge in [-0.2, -0.15) is 0 Å². The first kappa shape index (κ1) is 32.3. The van der Waals surface area contributed by atoms with Crippen molar-refractivity contribution in [2.45, 2.75) is 38.2 Å². The van der Waals surface area contributed by atoms with E-state index in [0.717, 1.165) is 27.8 Å². The predicted molar refractivity (Wildman–Crippen MR) is 191 cm³/mol. The standard InChI is InChI=1S/C43H36O7/c44-35-12-6-4-10-29(35)18-26-14-16-37(46)31(20-26)22-33-24-34(23-32-21-27(15-17-38(32)47)19-30-11-5-7-13-36(30)45)43-41(42(33)49)39(48)25-40(50-43)28-8-2-1-3-9-28/h1-17,20-21,24,40,44-47,49H,18-19,22-23,25H2/t40-/m0/s1. The van der Waals surface area contributed by atoms with Gasteiger partial charge in [0.05, 0.1) is 6.42 Å². The van der Waals surface area contributed by atoms with Crippen LogP contribution in [0.5, 0.6) is 34.5 Å². The third-order valence-electron chi connectivity index (χ3n) is 9.31. The van der Waals surface area contributed by atoms with Gasteiger partial charge < -0.3 is 30.3 Å². The lowest BCUT2D eigenvalue weighted by atomic mass is 9.87. The van der Waals surface area contributed by atoms with Crippen molar-refractivity contribution in [1.82, 2.24) is 0 Å². The van der Waals surface area contributed by atoms with E-state index in [-0.39, 0.29) is 65.1 Å². The number of aromatic hydroxyl groups is 5. The highest BCUT2D eigenvalue weighted by Gasteiger charge is 2.34. The maximum atomic E-state index is 13.8. The van der Waals surface area contributed by atoms with Gasteiger partial charge in [0.1, 0.15) is 46.2 Å². The minimum atomic E-state index is -0.559. The van der Waals surface area contributed by atoms with Gasteiger partial charge in [-0.15, -0.1) is 0 Å². The first-order valence-corrected chi connectivity index (χ1v) is 16.5. The molecule has 0 spiro atoms. The van der Waals surface area contributed by atoms with Gasteiger partial charge in [-0.1, -0.05) is 91.0 Å². The zero-order valence-corrected chi connectivity index (χ0v) is 27.2. The lowest BCUT2D eigenvalue weighted by Crippen LogP contribution is -2.22. The Bertz CT molecular complexity index is 2210. The van der Waals surface area contributed by atoms with Gasteiger partial charge in [-0.3, -0.25) is 4.79 Å². The summed E-state index contributed by atoms with van der Waals surface area (Å²) in [6.07, 6.45) is 0.656. The molecule has 1 aliphatic rings. The van der Waals surface area contributed by atoms with Crippen molar-refractivity contribution >= 4 is 5.78 Å². The summed E-state index contributed by atoms with van der Waals surface area (Å²) < 4.78 is 6.51. The molecular formula is C43H36O7. The van der Waals surface area contributed by atoms with E-state index in [0.29, 0.717) is 35.1 Å². The average Bonchev–Trinajstić information content (AvgIpc) is 3.11. The molecule has 0 bridgehead atoms. The van der Waals surface area contributed by atoms with E-state index in [9.17, 15) is 30.3 Å². The topological polar surface area (TPSA) is 127 Å². The molecule has 6 aromatic carbocycles. The van der Waals surface area contributed by atoms with Crippen LogP contribution in [0.25, 0.3) is 0 Å². The molecule has 6 aromatic rings. The number of carbonyl (C=O) groups is 1. The van der Waals surface area contributed by atoms with Crippen molar-refractivity contribution in [1.29, 1.82) is 0 Å². The van der Waals surface area contributed by atoms with Crippen molar-refractivity contribution in [2.75, 3.05) is 0 Å². The number of benzene rings is 6. The zero-order chi connectivity index (χ0) is 34.8. The van der Waals surface area contributed by atoms with E-state index in [2.05, 4.69) is 0 Å². The van der Waals surface area contributed by atoms with E-state index >= 15 is 0 Å². The molecule has 1 aliphatic heterocycles. The highest BCUT2D eigenvalue weighted by Crippen LogP contribution is 2.45. The van der Waals surface area contributed by atoms with Gasteiger partial charge >= 0.3 is 0 Å². The summed E-state index contributed by atoms with van der Waals surface area (Å²) in [7, 11) is 0. The monoisotopic (exact) mass is 664 g/mol. The molecule has 1 heterocycles. The number of para-hydroxylation sites is 2. The van der Waals surface area contributed by atoms with Gasteiger partial charge in [-0.25, -0.2) is 0 Å². The Morgan fingerprint density at radius 2 is 1.00 bits per heavy atom. The van der Waals surface area contributed by atoms with E-state index in [4.69, 9.17) is 4.74 Å². The highest BCUT2D eigenvalue weighted by molar-refractivity contribution is 6.03. The summed E-state index contributed by atoms with van der Waals surface area (Å²) in [5, 5.41) is 54.2. The van der Waals surface area contributed by atoms with Crippen LogP contribution in [0.2, 0.25) is 0 Å². The van der Waals surface area contributed by atoms with Crippen molar-refractivity contribution in [3.05, 3.63) is 177 Å². The van der Waals surface area contributed by atoms with E-state index < -0.39 is 6.10 Å². The number of fused-ring (bicyclic) bond motifs is 1. The largest absolute Gasteiger partial charge is 0.508 e. The Kier molecular flexibility index (Phi) is 8.88. The molecule has 0 saturated heterocycles. The quantitative estimate of drug-likeness (QED) is 0.105. The summed E-state index contributed by atoms with van der Waals surface area (Å²) in [4.78, 5) is 13.8. The molecule has 0 unspecified atom stereocenters. The van der Waals surface area contributed by atoms with Gasteiger partial charge in [0, 0.05) is 25.7 Å². The first-order valence-electron chi connectivity index (χ1n) is 16.5. The first-order chi connectivity index (χ1) is 24.2. The molecule has 250 valence electrons. The minimum absolute atomic E-state index is 0.0333. The molecular weight excluding hydrogens is 628 g/mol. The zero-order valence-electron chi connectivity index (χ0n) is 27.2. The molecule has 0 fully saturated rings. The summed E-state index contributed by atoms with van der Waals surface area (Å²) >= 11 is 0. The number of rotatable bonds is 9. The van der Waals surface area contributed by atoms with Crippen LogP contribution in [0.15, 0.2) is 121 Å². The predicted octanol–water partition coefficient (Wildman–Crippen LogP) is 8.28. The lowest BCUT2D eigenvalue weighted by Gasteiger charge is -2.29. The maximum absolute atomic E-state index is 13.8. The number of carbonyl (C=O) groups excluding carboxylic acids is 1. The van der Waals surface area contributed by atoms with E-state index in [1.54, 1.807) is 54.6 Å². The molecule has 1 atom stereocenters. The third-order valence-corrected chi connectivity index (χ3v) is 9.31. The number of hydrogen-bond acceptors (Lipinski definition) is 7. The second-order valence-corrected chi connectivity index (χ2v) is 12.8. The maximum Gasteiger partial charge on any atom is 0.174 e. The van der Waals surface area contributed by atoms with E-state index in [1.165, 1.54) is 0 Å². The van der Waals surface area contributed by atoms with Crippen LogP contribution in [0.1, 0.15) is 73.0 Å². The number of phenols is 5. The second-order valence-electron chi connectivity index (χ2n) is 12.8. The van der Waals surface area contributed by atoms with Crippen LogP contribution >= 0.6 is 0 Å². The third kappa shape index (κ3) is 6.71. The van der Waals surface area contributed by atoms with Crippen molar-refractivity contribution in [2.24, 2.45) is 0 Å². The van der Waals surface area contributed by atoms with Crippen LogP contribution in [-0.2, 0) is 25.7 Å². The fourth-order valence-corrected chi connectivity index (χ4v) is 6.69. The van der Waals surface area contributed by atoms with Crippen molar-refractivity contribution in [3.8, 4) is 34.5 Å². The smallest absolute Gasteiger partial charge is 0.174 e. The Balaban J connectivity index is 1.28. The molecule has 0 aliphatic carbocycles. The number of ether oxygens (including phenoxy) is 1. The van der Waals surface area contributed by atoms with Gasteiger partial charge in [-0.05, 0) is 80.4 Å². The lowest BCUT2D eigenvalue weighted by molar-refractivity contribution is 0.0842. The average molecular weight is 665 g/mol. The minimum Gasteiger partial charge on any atom is -0.508 e. The molecule has 5 N–H and O–H groups in total. The Labute approximate surface area is 290 Å². The Morgan fingerprint density at radius 1 is 0.500 bits per heavy atom. The molecule has 0 saturated carbocycles. The fraction of sp³-hybridized carbons (Fsp3) is 0.140. The molecule has 0 radical (unpaired) electrons. The van der Waals surface area contributed by atoms with Gasteiger partial charge in [0.2, 0.25) is 0 Å². The Morgan fingerprint density at radius 3 is 1.56 bits per heavy atom. The molecule has 50 heavy (non-hydrogen) atoms. The number of phenolic OH excluding ortho intramolecular Hbond substituents is 5. The number of Topliss-reactive ketones (excluding diaryl/α,β-unsaturated/α-hetero) is 1. The summed E-state index contributed by atoms with van der Waals surface area (Å²) in [5.74, 6) is 0.250. The van der Waals surface area contributed by atoms with Crippen LogP contribution in [0.4, 0.5) is 0 Å². The molecule has 0 aromatic heterocycles.